The van der Waals surface area contributed by atoms with Gasteiger partial charge in [0.1, 0.15) is 11.6 Å². The maximum Gasteiger partial charge on any atom is 0.326 e. The molecule has 0 saturated carbocycles. The minimum atomic E-state index is -1.15. The van der Waals surface area contributed by atoms with Crippen molar-refractivity contribution in [1.82, 2.24) is 9.88 Å². The summed E-state index contributed by atoms with van der Waals surface area (Å²) in [6.07, 6.45) is 1.78. The first-order valence-electron chi connectivity index (χ1n) is 6.02. The third-order valence-electron chi connectivity index (χ3n) is 2.99. The van der Waals surface area contributed by atoms with Gasteiger partial charge in [-0.2, -0.15) is 0 Å². The van der Waals surface area contributed by atoms with Crippen molar-refractivity contribution >= 4 is 11.9 Å². The second kappa shape index (κ2) is 5.69. The maximum absolute atomic E-state index is 12.2. The van der Waals surface area contributed by atoms with E-state index < -0.39 is 23.5 Å². The molecular formula is C13H18N2O4. The van der Waals surface area contributed by atoms with Gasteiger partial charge in [-0.1, -0.05) is 13.0 Å². The van der Waals surface area contributed by atoms with Crippen LogP contribution in [0.1, 0.15) is 27.2 Å². The lowest BCUT2D eigenvalue weighted by atomic mass is 10.0. The Hall–Kier alpha value is -2.11. The monoisotopic (exact) mass is 266 g/mol. The van der Waals surface area contributed by atoms with Gasteiger partial charge in [-0.05, 0) is 26.3 Å². The molecule has 6 heteroatoms. The highest BCUT2D eigenvalue weighted by Gasteiger charge is 2.32. The van der Waals surface area contributed by atoms with E-state index in [-0.39, 0.29) is 12.0 Å². The Morgan fingerprint density at radius 2 is 2.05 bits per heavy atom. The van der Waals surface area contributed by atoms with Crippen molar-refractivity contribution in [2.24, 2.45) is 0 Å². The smallest absolute Gasteiger partial charge is 0.326 e. The number of aromatic nitrogens is 1. The van der Waals surface area contributed by atoms with Crippen LogP contribution >= 0.6 is 0 Å². The molecule has 104 valence electrons. The molecule has 1 rings (SSSR count). The van der Waals surface area contributed by atoms with E-state index in [9.17, 15) is 14.4 Å². The van der Waals surface area contributed by atoms with Crippen LogP contribution in [0.2, 0.25) is 0 Å². The molecule has 6 nitrogen and oxygen atoms in total. The normalized spacial score (nSPS) is 12.8. The summed E-state index contributed by atoms with van der Waals surface area (Å²) in [5.74, 6) is -1.60. The average molecular weight is 266 g/mol. The number of hydrogen-bond acceptors (Lipinski definition) is 3. The summed E-state index contributed by atoms with van der Waals surface area (Å²) >= 11 is 0. The fourth-order valence-electron chi connectivity index (χ4n) is 1.67. The van der Waals surface area contributed by atoms with Gasteiger partial charge in [0.05, 0.1) is 0 Å². The van der Waals surface area contributed by atoms with Gasteiger partial charge >= 0.3 is 5.97 Å². The van der Waals surface area contributed by atoms with Gasteiger partial charge in [0.25, 0.3) is 5.56 Å². The topological polar surface area (TPSA) is 88.4 Å². The highest BCUT2D eigenvalue weighted by molar-refractivity contribution is 5.88. The summed E-state index contributed by atoms with van der Waals surface area (Å²) in [4.78, 5) is 34.8. The molecule has 1 amide bonds. The Morgan fingerprint density at radius 1 is 1.42 bits per heavy atom. The van der Waals surface area contributed by atoms with Crippen LogP contribution in [0.4, 0.5) is 0 Å². The molecule has 19 heavy (non-hydrogen) atoms. The van der Waals surface area contributed by atoms with E-state index in [0.29, 0.717) is 0 Å². The van der Waals surface area contributed by atoms with Gasteiger partial charge in [-0.15, -0.1) is 0 Å². The second-order valence-corrected chi connectivity index (χ2v) is 4.74. The summed E-state index contributed by atoms with van der Waals surface area (Å²) in [6, 6.07) is 3.62. The van der Waals surface area contributed by atoms with Crippen molar-refractivity contribution in [2.75, 3.05) is 0 Å². The van der Waals surface area contributed by atoms with Crippen LogP contribution in [-0.2, 0) is 15.1 Å². The molecule has 0 aliphatic rings. The van der Waals surface area contributed by atoms with Crippen molar-refractivity contribution in [3.8, 4) is 0 Å². The number of nitrogens with zero attached hydrogens (tertiary/aromatic N) is 1. The minimum Gasteiger partial charge on any atom is -0.480 e. The standard InChI is InChI=1S/C13H18N2O4/c1-4-9(11(17)18)14-12(19)13(2,3)15-8-6-5-7-10(15)16/h5-9H,4H2,1-3H3,(H,14,19)(H,17,18). The molecule has 0 radical (unpaired) electrons. The van der Waals surface area contributed by atoms with Gasteiger partial charge < -0.3 is 15.0 Å². The Balaban J connectivity index is 3.01. The molecule has 1 atom stereocenters. The lowest BCUT2D eigenvalue weighted by molar-refractivity contribution is -0.143. The first kappa shape index (κ1) is 14.9. The van der Waals surface area contributed by atoms with E-state index in [1.54, 1.807) is 32.9 Å². The molecule has 2 N–H and O–H groups in total. The van der Waals surface area contributed by atoms with Crippen molar-refractivity contribution in [2.45, 2.75) is 38.8 Å². The summed E-state index contributed by atoms with van der Waals surface area (Å²) in [5, 5.41) is 11.4. The molecule has 0 aliphatic carbocycles. The Kier molecular flexibility index (Phi) is 4.47. The SMILES string of the molecule is CCC(NC(=O)C(C)(C)n1ccccc1=O)C(=O)O. The number of nitrogens with one attached hydrogen (secondary N) is 1. The lowest BCUT2D eigenvalue weighted by Gasteiger charge is -2.27. The van der Waals surface area contributed by atoms with Gasteiger partial charge in [0, 0.05) is 12.3 Å². The number of pyridine rings is 1. The summed E-state index contributed by atoms with van der Waals surface area (Å²) in [6.45, 7) is 4.80. The fourth-order valence-corrected chi connectivity index (χ4v) is 1.67. The van der Waals surface area contributed by atoms with Gasteiger partial charge in [-0.3, -0.25) is 9.59 Å². The number of carboxylic acids is 1. The molecule has 1 unspecified atom stereocenters. The third-order valence-corrected chi connectivity index (χ3v) is 2.99. The van der Waals surface area contributed by atoms with Crippen LogP contribution in [0.5, 0.6) is 0 Å². The number of rotatable bonds is 5. The van der Waals surface area contributed by atoms with E-state index in [0.717, 1.165) is 0 Å². The Labute approximate surface area is 111 Å². The van der Waals surface area contributed by atoms with Crippen LogP contribution in [0.3, 0.4) is 0 Å². The molecule has 0 aliphatic heterocycles. The zero-order valence-corrected chi connectivity index (χ0v) is 11.2. The van der Waals surface area contributed by atoms with Crippen LogP contribution in [0.25, 0.3) is 0 Å². The summed E-state index contributed by atoms with van der Waals surface area (Å²) in [5.41, 5.74) is -1.47. The van der Waals surface area contributed by atoms with E-state index in [4.69, 9.17) is 5.11 Å². The van der Waals surface area contributed by atoms with E-state index >= 15 is 0 Å². The zero-order chi connectivity index (χ0) is 14.6. The van der Waals surface area contributed by atoms with Gasteiger partial charge in [-0.25, -0.2) is 4.79 Å². The molecule has 0 saturated heterocycles. The molecule has 0 spiro atoms. The molecule has 1 aromatic heterocycles. The van der Waals surface area contributed by atoms with Crippen molar-refractivity contribution in [3.05, 3.63) is 34.7 Å². The predicted molar refractivity (Wildman–Crippen MR) is 69.9 cm³/mol. The fraction of sp³-hybridized carbons (Fsp3) is 0.462. The molecule has 1 aromatic rings. The average Bonchev–Trinajstić information content (AvgIpc) is 2.35. The van der Waals surface area contributed by atoms with E-state index in [2.05, 4.69) is 5.32 Å². The number of hydrogen-bond donors (Lipinski definition) is 2. The van der Waals surface area contributed by atoms with Gasteiger partial charge in [0.2, 0.25) is 5.91 Å². The van der Waals surface area contributed by atoms with Crippen LogP contribution in [-0.4, -0.2) is 27.6 Å². The van der Waals surface area contributed by atoms with Crippen molar-refractivity contribution in [1.29, 1.82) is 0 Å². The largest absolute Gasteiger partial charge is 0.480 e. The van der Waals surface area contributed by atoms with Crippen LogP contribution in [0, 0.1) is 0 Å². The molecule has 0 bridgehead atoms. The van der Waals surface area contributed by atoms with Gasteiger partial charge in [0.15, 0.2) is 0 Å². The Bertz CT molecular complexity index is 533. The van der Waals surface area contributed by atoms with E-state index in [1.165, 1.54) is 16.8 Å². The molecule has 0 aromatic carbocycles. The molecule has 1 heterocycles. The maximum atomic E-state index is 12.2. The Morgan fingerprint density at radius 3 is 2.53 bits per heavy atom. The third kappa shape index (κ3) is 3.21. The van der Waals surface area contributed by atoms with Crippen molar-refractivity contribution < 1.29 is 14.7 Å². The van der Waals surface area contributed by atoms with Crippen LogP contribution in [0.15, 0.2) is 29.2 Å². The highest BCUT2D eigenvalue weighted by atomic mass is 16.4. The van der Waals surface area contributed by atoms with E-state index in [1.807, 2.05) is 0 Å². The lowest BCUT2D eigenvalue weighted by Crippen LogP contribution is -2.52. The number of amides is 1. The van der Waals surface area contributed by atoms with Crippen LogP contribution < -0.4 is 10.9 Å². The number of carbonyl (C=O) groups is 2. The predicted octanol–water partition coefficient (Wildman–Crippen LogP) is 0.563. The zero-order valence-electron chi connectivity index (χ0n) is 11.2. The summed E-state index contributed by atoms with van der Waals surface area (Å²) in [7, 11) is 0. The summed E-state index contributed by atoms with van der Waals surface area (Å²) < 4.78 is 1.27. The highest BCUT2D eigenvalue weighted by Crippen LogP contribution is 2.13. The number of aliphatic carboxylic acids is 1. The first-order valence-corrected chi connectivity index (χ1v) is 6.02. The second-order valence-electron chi connectivity index (χ2n) is 4.74. The van der Waals surface area contributed by atoms with Crippen molar-refractivity contribution in [3.63, 3.8) is 0 Å². The number of carboxylic acid groups (broad SMARTS) is 1. The molecule has 0 fully saturated rings. The number of carbonyl (C=O) groups excluding carboxylic acids is 1. The molecular weight excluding hydrogens is 248 g/mol. The quantitative estimate of drug-likeness (QED) is 0.815. The minimum absolute atomic E-state index is 0.279. The first-order chi connectivity index (χ1) is 8.80.